The van der Waals surface area contributed by atoms with Crippen LogP contribution in [0.5, 0.6) is 0 Å². The normalized spacial score (nSPS) is 10.8. The summed E-state index contributed by atoms with van der Waals surface area (Å²) in [6.45, 7) is 3.61. The molecule has 0 amide bonds. The molecule has 0 atom stereocenters. The van der Waals surface area contributed by atoms with Gasteiger partial charge in [-0.05, 0) is 40.7 Å². The van der Waals surface area contributed by atoms with Crippen molar-refractivity contribution in [3.8, 4) is 11.3 Å². The molecule has 0 aliphatic rings. The monoisotopic (exact) mass is 358 g/mol. The van der Waals surface area contributed by atoms with Gasteiger partial charge in [0.2, 0.25) is 5.89 Å². The maximum absolute atomic E-state index is 5.67. The molecule has 90 valence electrons. The summed E-state index contributed by atoms with van der Waals surface area (Å²) in [5, 5.41) is 3.18. The predicted molar refractivity (Wildman–Crippen MR) is 74.7 cm³/mol. The zero-order valence-electron chi connectivity index (χ0n) is 9.34. The van der Waals surface area contributed by atoms with Crippen LogP contribution in [0.15, 0.2) is 37.8 Å². The van der Waals surface area contributed by atoms with Crippen LogP contribution in [0.1, 0.15) is 12.8 Å². The molecule has 1 N–H and O–H groups in total. The van der Waals surface area contributed by atoms with Crippen LogP contribution in [0.2, 0.25) is 0 Å². The number of hydrogen-bond donors (Lipinski definition) is 1. The Kier molecular flexibility index (Phi) is 4.36. The van der Waals surface area contributed by atoms with Gasteiger partial charge in [0.05, 0.1) is 12.7 Å². The van der Waals surface area contributed by atoms with Crippen molar-refractivity contribution < 1.29 is 4.42 Å². The van der Waals surface area contributed by atoms with E-state index in [-0.39, 0.29) is 0 Å². The second-order valence-corrected chi connectivity index (χ2v) is 5.29. The highest BCUT2D eigenvalue weighted by Crippen LogP contribution is 2.31. The number of aromatic nitrogens is 1. The van der Waals surface area contributed by atoms with E-state index >= 15 is 0 Å². The Labute approximate surface area is 117 Å². The maximum atomic E-state index is 5.67. The van der Waals surface area contributed by atoms with Gasteiger partial charge >= 0.3 is 0 Å². The Morgan fingerprint density at radius 2 is 2.18 bits per heavy atom. The predicted octanol–water partition coefficient (Wildman–Crippen LogP) is 3.98. The molecule has 0 bridgehead atoms. The van der Waals surface area contributed by atoms with Crippen LogP contribution in [-0.2, 0) is 6.54 Å². The number of nitrogens with zero attached hydrogens (tertiary/aromatic N) is 1. The molecule has 0 aliphatic heterocycles. The molecule has 1 aromatic heterocycles. The van der Waals surface area contributed by atoms with Crippen molar-refractivity contribution >= 4 is 31.9 Å². The van der Waals surface area contributed by atoms with Gasteiger partial charge < -0.3 is 9.73 Å². The molecule has 0 saturated heterocycles. The van der Waals surface area contributed by atoms with Crippen LogP contribution in [0.25, 0.3) is 11.3 Å². The summed E-state index contributed by atoms with van der Waals surface area (Å²) in [7, 11) is 0. The first-order valence-electron chi connectivity index (χ1n) is 5.31. The molecule has 0 radical (unpaired) electrons. The molecule has 0 spiro atoms. The summed E-state index contributed by atoms with van der Waals surface area (Å²) >= 11 is 6.93. The van der Waals surface area contributed by atoms with Crippen molar-refractivity contribution in [2.75, 3.05) is 6.54 Å². The molecule has 2 rings (SSSR count). The first-order valence-corrected chi connectivity index (χ1v) is 6.90. The van der Waals surface area contributed by atoms with Gasteiger partial charge in [-0.1, -0.05) is 22.9 Å². The van der Waals surface area contributed by atoms with Crippen molar-refractivity contribution in [1.29, 1.82) is 0 Å². The van der Waals surface area contributed by atoms with Crippen molar-refractivity contribution in [3.05, 3.63) is 39.2 Å². The number of oxazole rings is 1. The second-order valence-electron chi connectivity index (χ2n) is 3.52. The first-order chi connectivity index (χ1) is 8.20. The Morgan fingerprint density at radius 3 is 2.88 bits per heavy atom. The van der Waals surface area contributed by atoms with E-state index in [1.807, 2.05) is 18.2 Å². The Bertz CT molecular complexity index is 511. The summed E-state index contributed by atoms with van der Waals surface area (Å²) in [6.07, 6.45) is 1.75. The lowest BCUT2D eigenvalue weighted by Gasteiger charge is -2.01. The Morgan fingerprint density at radius 1 is 1.35 bits per heavy atom. The Hall–Kier alpha value is -0.650. The van der Waals surface area contributed by atoms with Gasteiger partial charge in [-0.15, -0.1) is 0 Å². The van der Waals surface area contributed by atoms with E-state index in [2.05, 4.69) is 49.1 Å². The molecule has 1 aromatic carbocycles. The fraction of sp³-hybridized carbons (Fsp3) is 0.250. The molecule has 1 heterocycles. The number of rotatable bonds is 4. The average Bonchev–Trinajstić information content (AvgIpc) is 2.75. The van der Waals surface area contributed by atoms with Crippen LogP contribution >= 0.6 is 31.9 Å². The molecular weight excluding hydrogens is 348 g/mol. The number of hydrogen-bond acceptors (Lipinski definition) is 3. The minimum absolute atomic E-state index is 0.657. The van der Waals surface area contributed by atoms with Gasteiger partial charge in [-0.2, -0.15) is 0 Å². The van der Waals surface area contributed by atoms with Gasteiger partial charge in [0, 0.05) is 14.5 Å². The van der Waals surface area contributed by atoms with Crippen molar-refractivity contribution in [2.45, 2.75) is 13.5 Å². The zero-order valence-corrected chi connectivity index (χ0v) is 12.5. The second kappa shape index (κ2) is 5.80. The zero-order chi connectivity index (χ0) is 12.3. The average molecular weight is 360 g/mol. The van der Waals surface area contributed by atoms with Crippen LogP contribution < -0.4 is 5.32 Å². The third-order valence-electron chi connectivity index (χ3n) is 2.28. The topological polar surface area (TPSA) is 38.1 Å². The van der Waals surface area contributed by atoms with Crippen molar-refractivity contribution in [2.24, 2.45) is 0 Å². The van der Waals surface area contributed by atoms with Gasteiger partial charge in [-0.3, -0.25) is 0 Å². The van der Waals surface area contributed by atoms with E-state index in [9.17, 15) is 0 Å². The highest BCUT2D eigenvalue weighted by Gasteiger charge is 2.09. The van der Waals surface area contributed by atoms with E-state index in [0.29, 0.717) is 12.4 Å². The van der Waals surface area contributed by atoms with Crippen LogP contribution in [0.3, 0.4) is 0 Å². The first kappa shape index (κ1) is 12.8. The van der Waals surface area contributed by atoms with E-state index in [4.69, 9.17) is 4.42 Å². The number of halogens is 2. The lowest BCUT2D eigenvalue weighted by atomic mass is 10.2. The molecule has 3 nitrogen and oxygen atoms in total. The Balaban J connectivity index is 2.24. The molecule has 0 aliphatic carbocycles. The summed E-state index contributed by atoms with van der Waals surface area (Å²) < 4.78 is 7.69. The van der Waals surface area contributed by atoms with Gasteiger partial charge in [0.25, 0.3) is 0 Å². The fourth-order valence-electron chi connectivity index (χ4n) is 1.44. The van der Waals surface area contributed by atoms with Gasteiger partial charge in [0.1, 0.15) is 0 Å². The lowest BCUT2D eigenvalue weighted by molar-refractivity contribution is 0.482. The highest BCUT2D eigenvalue weighted by molar-refractivity contribution is 9.11. The summed E-state index contributed by atoms with van der Waals surface area (Å²) in [6, 6.07) is 5.96. The third kappa shape index (κ3) is 3.18. The highest BCUT2D eigenvalue weighted by atomic mass is 79.9. The molecule has 0 unspecified atom stereocenters. The molecule has 0 fully saturated rings. The fourth-order valence-corrected chi connectivity index (χ4v) is 2.68. The largest absolute Gasteiger partial charge is 0.439 e. The van der Waals surface area contributed by atoms with Gasteiger partial charge in [0.15, 0.2) is 5.76 Å². The van der Waals surface area contributed by atoms with Crippen molar-refractivity contribution in [1.82, 2.24) is 10.3 Å². The quantitative estimate of drug-likeness (QED) is 0.897. The molecule has 0 saturated carbocycles. The lowest BCUT2D eigenvalue weighted by Crippen LogP contribution is -2.11. The smallest absolute Gasteiger partial charge is 0.208 e. The third-order valence-corrected chi connectivity index (χ3v) is 3.43. The number of benzene rings is 1. The van der Waals surface area contributed by atoms with E-state index in [1.165, 1.54) is 0 Å². The molecular formula is C12H12Br2N2O. The molecule has 17 heavy (non-hydrogen) atoms. The van der Waals surface area contributed by atoms with Crippen LogP contribution in [-0.4, -0.2) is 11.5 Å². The van der Waals surface area contributed by atoms with E-state index in [0.717, 1.165) is 26.8 Å². The summed E-state index contributed by atoms with van der Waals surface area (Å²) in [4.78, 5) is 4.23. The minimum atomic E-state index is 0.657. The molecule has 2 aromatic rings. The van der Waals surface area contributed by atoms with Crippen molar-refractivity contribution in [3.63, 3.8) is 0 Å². The SMILES string of the molecule is CCNCc1ncc(-c2ccc(Br)cc2Br)o1. The summed E-state index contributed by atoms with van der Waals surface area (Å²) in [5.41, 5.74) is 1.00. The van der Waals surface area contributed by atoms with Gasteiger partial charge in [-0.25, -0.2) is 4.98 Å². The van der Waals surface area contributed by atoms with E-state index in [1.54, 1.807) is 6.20 Å². The number of nitrogens with one attached hydrogen (secondary N) is 1. The summed E-state index contributed by atoms with van der Waals surface area (Å²) in [5.74, 6) is 1.48. The van der Waals surface area contributed by atoms with Crippen LogP contribution in [0.4, 0.5) is 0 Å². The van der Waals surface area contributed by atoms with E-state index < -0.39 is 0 Å². The molecule has 5 heteroatoms. The maximum Gasteiger partial charge on any atom is 0.208 e. The van der Waals surface area contributed by atoms with Crippen LogP contribution in [0, 0.1) is 0 Å². The minimum Gasteiger partial charge on any atom is -0.439 e. The standard InChI is InChI=1S/C12H12Br2N2O/c1-2-15-7-12-16-6-11(17-12)9-4-3-8(13)5-10(9)14/h3-6,15H,2,7H2,1H3.